The number of ether oxygens (including phenoxy) is 1. The fourth-order valence-electron chi connectivity index (χ4n) is 2.40. The van der Waals surface area contributed by atoms with Crippen LogP contribution in [0.4, 0.5) is 0 Å². The number of carboxylic acid groups (broad SMARTS) is 1. The molecule has 18 heavy (non-hydrogen) atoms. The molecule has 1 aliphatic carbocycles. The van der Waals surface area contributed by atoms with E-state index >= 15 is 0 Å². The molecule has 0 aromatic carbocycles. The molecule has 4 heteroatoms. The van der Waals surface area contributed by atoms with Crippen LogP contribution in [-0.2, 0) is 0 Å². The van der Waals surface area contributed by atoms with E-state index in [-0.39, 0.29) is 5.56 Å². The lowest BCUT2D eigenvalue weighted by atomic mass is 9.87. The molecule has 1 heterocycles. The van der Waals surface area contributed by atoms with Crippen molar-refractivity contribution in [3.05, 3.63) is 23.9 Å². The summed E-state index contributed by atoms with van der Waals surface area (Å²) < 4.78 is 5.54. The Balaban J connectivity index is 1.74. The minimum absolute atomic E-state index is 0.189. The number of aromatic carboxylic acids is 1. The average Bonchev–Trinajstić information content (AvgIpc) is 2.40. The SMILES string of the molecule is O=C(O)c1ccc(OCCC2CCCCC2)nc1. The zero-order chi connectivity index (χ0) is 12.8. The molecule has 1 fully saturated rings. The molecule has 1 saturated carbocycles. The lowest BCUT2D eigenvalue weighted by Crippen LogP contribution is -2.11. The van der Waals surface area contributed by atoms with Crippen molar-refractivity contribution in [1.29, 1.82) is 0 Å². The van der Waals surface area contributed by atoms with Crippen molar-refractivity contribution >= 4 is 5.97 Å². The fraction of sp³-hybridized carbons (Fsp3) is 0.571. The minimum atomic E-state index is -0.962. The monoisotopic (exact) mass is 249 g/mol. The number of carboxylic acids is 1. The van der Waals surface area contributed by atoms with Crippen molar-refractivity contribution in [1.82, 2.24) is 4.98 Å². The topological polar surface area (TPSA) is 59.4 Å². The zero-order valence-corrected chi connectivity index (χ0v) is 10.5. The summed E-state index contributed by atoms with van der Waals surface area (Å²) in [5.74, 6) is 0.337. The van der Waals surface area contributed by atoms with Crippen LogP contribution in [-0.4, -0.2) is 22.7 Å². The first-order valence-electron chi connectivity index (χ1n) is 6.58. The van der Waals surface area contributed by atoms with Gasteiger partial charge in [0.1, 0.15) is 0 Å². The Morgan fingerprint density at radius 1 is 1.33 bits per heavy atom. The van der Waals surface area contributed by atoms with Gasteiger partial charge in [-0.3, -0.25) is 0 Å². The van der Waals surface area contributed by atoms with Crippen LogP contribution in [0.3, 0.4) is 0 Å². The molecule has 1 N–H and O–H groups in total. The Labute approximate surface area is 107 Å². The molecule has 0 spiro atoms. The highest BCUT2D eigenvalue weighted by Crippen LogP contribution is 2.26. The lowest BCUT2D eigenvalue weighted by Gasteiger charge is -2.21. The number of aromatic nitrogens is 1. The second-order valence-corrected chi connectivity index (χ2v) is 4.83. The van der Waals surface area contributed by atoms with E-state index in [9.17, 15) is 4.79 Å². The van der Waals surface area contributed by atoms with Crippen LogP contribution in [0.2, 0.25) is 0 Å². The quantitative estimate of drug-likeness (QED) is 0.871. The highest BCUT2D eigenvalue weighted by Gasteiger charge is 2.13. The Bertz CT molecular complexity index is 383. The van der Waals surface area contributed by atoms with Crippen LogP contribution in [0.1, 0.15) is 48.9 Å². The first-order chi connectivity index (χ1) is 8.75. The second-order valence-electron chi connectivity index (χ2n) is 4.83. The predicted octanol–water partition coefficient (Wildman–Crippen LogP) is 3.13. The molecule has 1 aromatic heterocycles. The van der Waals surface area contributed by atoms with Gasteiger partial charge in [0.25, 0.3) is 0 Å². The summed E-state index contributed by atoms with van der Waals surface area (Å²) in [5, 5.41) is 8.74. The maximum atomic E-state index is 10.7. The number of hydrogen-bond donors (Lipinski definition) is 1. The summed E-state index contributed by atoms with van der Waals surface area (Å²) in [6, 6.07) is 3.13. The summed E-state index contributed by atoms with van der Waals surface area (Å²) in [5.41, 5.74) is 0.189. The summed E-state index contributed by atoms with van der Waals surface area (Å²) >= 11 is 0. The van der Waals surface area contributed by atoms with Gasteiger partial charge >= 0.3 is 5.97 Å². The van der Waals surface area contributed by atoms with Crippen molar-refractivity contribution in [2.24, 2.45) is 5.92 Å². The second kappa shape index (κ2) is 6.38. The molecule has 0 aliphatic heterocycles. The van der Waals surface area contributed by atoms with Crippen molar-refractivity contribution in [2.45, 2.75) is 38.5 Å². The lowest BCUT2D eigenvalue weighted by molar-refractivity contribution is 0.0696. The van der Waals surface area contributed by atoms with Crippen LogP contribution in [0.5, 0.6) is 5.88 Å². The van der Waals surface area contributed by atoms with Crippen LogP contribution in [0, 0.1) is 5.92 Å². The van der Waals surface area contributed by atoms with Gasteiger partial charge in [0.15, 0.2) is 0 Å². The molecule has 1 aliphatic rings. The Kier molecular flexibility index (Phi) is 4.56. The van der Waals surface area contributed by atoms with Crippen LogP contribution >= 0.6 is 0 Å². The van der Waals surface area contributed by atoms with E-state index in [1.165, 1.54) is 44.4 Å². The van der Waals surface area contributed by atoms with Gasteiger partial charge in [-0.15, -0.1) is 0 Å². The maximum absolute atomic E-state index is 10.7. The maximum Gasteiger partial charge on any atom is 0.337 e. The highest BCUT2D eigenvalue weighted by molar-refractivity contribution is 5.87. The van der Waals surface area contributed by atoms with Crippen LogP contribution < -0.4 is 4.74 Å². The molecule has 1 aromatic rings. The van der Waals surface area contributed by atoms with Crippen LogP contribution in [0.25, 0.3) is 0 Å². The van der Waals surface area contributed by atoms with E-state index in [1.54, 1.807) is 6.07 Å². The predicted molar refractivity (Wildman–Crippen MR) is 67.9 cm³/mol. The number of rotatable bonds is 5. The van der Waals surface area contributed by atoms with Gasteiger partial charge in [-0.2, -0.15) is 0 Å². The summed E-state index contributed by atoms with van der Waals surface area (Å²) in [4.78, 5) is 14.6. The van der Waals surface area contributed by atoms with E-state index in [2.05, 4.69) is 4.98 Å². The molecule has 0 bridgehead atoms. The molecule has 0 radical (unpaired) electrons. The van der Waals surface area contributed by atoms with E-state index in [4.69, 9.17) is 9.84 Å². The van der Waals surface area contributed by atoms with Gasteiger partial charge in [0, 0.05) is 12.3 Å². The minimum Gasteiger partial charge on any atom is -0.478 e. The van der Waals surface area contributed by atoms with Crippen molar-refractivity contribution in [2.75, 3.05) is 6.61 Å². The molecular formula is C14H19NO3. The van der Waals surface area contributed by atoms with E-state index in [1.807, 2.05) is 0 Å². The van der Waals surface area contributed by atoms with Gasteiger partial charge in [0.05, 0.1) is 12.2 Å². The molecule has 0 unspecified atom stereocenters. The molecular weight excluding hydrogens is 230 g/mol. The van der Waals surface area contributed by atoms with E-state index in [0.29, 0.717) is 12.5 Å². The smallest absolute Gasteiger partial charge is 0.337 e. The van der Waals surface area contributed by atoms with Gasteiger partial charge in [-0.25, -0.2) is 9.78 Å². The first-order valence-corrected chi connectivity index (χ1v) is 6.58. The molecule has 98 valence electrons. The Hall–Kier alpha value is -1.58. The molecule has 0 atom stereocenters. The van der Waals surface area contributed by atoms with Crippen molar-refractivity contribution in [3.63, 3.8) is 0 Å². The third kappa shape index (κ3) is 3.72. The Morgan fingerprint density at radius 3 is 2.72 bits per heavy atom. The highest BCUT2D eigenvalue weighted by atomic mass is 16.5. The van der Waals surface area contributed by atoms with Gasteiger partial charge in [-0.05, 0) is 18.4 Å². The van der Waals surface area contributed by atoms with E-state index < -0.39 is 5.97 Å². The van der Waals surface area contributed by atoms with Gasteiger partial charge in [-0.1, -0.05) is 32.1 Å². The summed E-state index contributed by atoms with van der Waals surface area (Å²) in [6.07, 6.45) is 9.09. The average molecular weight is 249 g/mol. The van der Waals surface area contributed by atoms with Crippen molar-refractivity contribution < 1.29 is 14.6 Å². The number of carbonyl (C=O) groups is 1. The van der Waals surface area contributed by atoms with Crippen molar-refractivity contribution in [3.8, 4) is 5.88 Å². The third-order valence-electron chi connectivity index (χ3n) is 3.48. The summed E-state index contributed by atoms with van der Waals surface area (Å²) in [7, 11) is 0. The number of nitrogens with zero attached hydrogens (tertiary/aromatic N) is 1. The largest absolute Gasteiger partial charge is 0.478 e. The van der Waals surface area contributed by atoms with E-state index in [0.717, 1.165) is 12.3 Å². The molecule has 0 saturated heterocycles. The van der Waals surface area contributed by atoms with Gasteiger partial charge < -0.3 is 9.84 Å². The Morgan fingerprint density at radius 2 is 2.11 bits per heavy atom. The zero-order valence-electron chi connectivity index (χ0n) is 10.5. The molecule has 0 amide bonds. The summed E-state index contributed by atoms with van der Waals surface area (Å²) in [6.45, 7) is 0.671. The third-order valence-corrected chi connectivity index (χ3v) is 3.48. The van der Waals surface area contributed by atoms with Gasteiger partial charge in [0.2, 0.25) is 5.88 Å². The standard InChI is InChI=1S/C14H19NO3/c16-14(17)12-6-7-13(15-10-12)18-9-8-11-4-2-1-3-5-11/h6-7,10-11H,1-5,8-9H2,(H,16,17). The molecule has 4 nitrogen and oxygen atoms in total. The first kappa shape index (κ1) is 12.9. The molecule has 2 rings (SSSR count). The fourth-order valence-corrected chi connectivity index (χ4v) is 2.40. The number of pyridine rings is 1. The normalized spacial score (nSPS) is 16.4. The van der Waals surface area contributed by atoms with Crippen LogP contribution in [0.15, 0.2) is 18.3 Å². The number of hydrogen-bond acceptors (Lipinski definition) is 3.